The Morgan fingerprint density at radius 2 is 1.26 bits per heavy atom. The Hall–Kier alpha value is -4.21. The number of halogens is 1. The molecule has 158 valence electrons. The molecule has 0 unspecified atom stereocenters. The van der Waals surface area contributed by atoms with Gasteiger partial charge in [0, 0.05) is 43.4 Å². The molecule has 4 aromatic heterocycles. The van der Waals surface area contributed by atoms with Crippen LogP contribution in [0, 0.1) is 0 Å². The molecule has 0 saturated carbocycles. The molecular formula is C30H15ClN2O. The molecular weight excluding hydrogens is 440 g/mol. The van der Waals surface area contributed by atoms with Crippen LogP contribution in [0.1, 0.15) is 0 Å². The molecule has 4 heteroatoms. The average molecular weight is 455 g/mol. The minimum atomic E-state index is 0.736. The second-order valence-corrected chi connectivity index (χ2v) is 9.55. The molecule has 0 aliphatic heterocycles. The summed E-state index contributed by atoms with van der Waals surface area (Å²) in [6.45, 7) is 0. The van der Waals surface area contributed by atoms with Crippen LogP contribution in [0.2, 0.25) is 5.02 Å². The number of nitrogens with zero attached hydrogens (tertiary/aromatic N) is 2. The Balaban J connectivity index is 1.77. The van der Waals surface area contributed by atoms with Gasteiger partial charge in [-0.3, -0.25) is 0 Å². The fraction of sp³-hybridized carbons (Fsp3) is 0. The van der Waals surface area contributed by atoms with Crippen molar-refractivity contribution >= 4 is 88.2 Å². The maximum absolute atomic E-state index is 6.56. The van der Waals surface area contributed by atoms with Crippen molar-refractivity contribution in [3.05, 3.63) is 96.0 Å². The van der Waals surface area contributed by atoms with E-state index in [0.29, 0.717) is 0 Å². The third-order valence-corrected chi connectivity index (χ3v) is 7.70. The first-order valence-corrected chi connectivity index (χ1v) is 11.8. The van der Waals surface area contributed by atoms with Gasteiger partial charge in [0.1, 0.15) is 11.2 Å². The summed E-state index contributed by atoms with van der Waals surface area (Å²) >= 11 is 6.56. The molecule has 9 aromatic rings. The molecule has 4 heterocycles. The first kappa shape index (κ1) is 17.3. The molecule has 0 aliphatic carbocycles. The van der Waals surface area contributed by atoms with Crippen LogP contribution in [-0.4, -0.2) is 8.80 Å². The standard InChI is InChI=1S/C30H15ClN2O/c31-16-12-13-19-23(14-16)33-22-10-5-8-18-17-6-1-3-9-21(17)32(29(18)22)24-15-26-27(28(19)30(24)33)20-7-2-4-11-25(20)34-26/h1-15H. The summed E-state index contributed by atoms with van der Waals surface area (Å²) < 4.78 is 11.2. The molecule has 0 saturated heterocycles. The lowest BCUT2D eigenvalue weighted by Gasteiger charge is -2.11. The zero-order valence-electron chi connectivity index (χ0n) is 17.8. The molecule has 0 fully saturated rings. The molecule has 9 rings (SSSR count). The lowest BCUT2D eigenvalue weighted by atomic mass is 10.0. The van der Waals surface area contributed by atoms with E-state index in [1.54, 1.807) is 0 Å². The Labute approximate surface area is 197 Å². The number of furan rings is 1. The molecule has 0 aliphatic rings. The molecule has 0 atom stereocenters. The van der Waals surface area contributed by atoms with Crippen molar-refractivity contribution in [3.63, 3.8) is 0 Å². The van der Waals surface area contributed by atoms with Gasteiger partial charge in [-0.05, 0) is 30.3 Å². The summed E-state index contributed by atoms with van der Waals surface area (Å²) in [5, 5.41) is 7.94. The molecule has 5 aromatic carbocycles. The van der Waals surface area contributed by atoms with Crippen LogP contribution in [0.5, 0.6) is 0 Å². The largest absolute Gasteiger partial charge is 0.456 e. The lowest BCUT2D eigenvalue weighted by molar-refractivity contribution is 0.669. The first-order valence-electron chi connectivity index (χ1n) is 11.4. The van der Waals surface area contributed by atoms with E-state index < -0.39 is 0 Å². The van der Waals surface area contributed by atoms with E-state index in [0.717, 1.165) is 38.0 Å². The predicted molar refractivity (Wildman–Crippen MR) is 142 cm³/mol. The zero-order valence-corrected chi connectivity index (χ0v) is 18.6. The summed E-state index contributed by atoms with van der Waals surface area (Å²) in [4.78, 5) is 0. The summed E-state index contributed by atoms with van der Waals surface area (Å²) in [5.41, 5.74) is 8.85. The fourth-order valence-corrected chi connectivity index (χ4v) is 6.39. The van der Waals surface area contributed by atoms with Gasteiger partial charge in [-0.15, -0.1) is 0 Å². The van der Waals surface area contributed by atoms with Gasteiger partial charge in [0.05, 0.1) is 33.1 Å². The van der Waals surface area contributed by atoms with Gasteiger partial charge in [0.2, 0.25) is 0 Å². The molecule has 0 bridgehead atoms. The van der Waals surface area contributed by atoms with E-state index in [2.05, 4.69) is 87.7 Å². The Morgan fingerprint density at radius 3 is 2.21 bits per heavy atom. The van der Waals surface area contributed by atoms with E-state index in [9.17, 15) is 0 Å². The van der Waals surface area contributed by atoms with Gasteiger partial charge in [0.15, 0.2) is 0 Å². The number of aromatic nitrogens is 2. The van der Waals surface area contributed by atoms with E-state index in [-0.39, 0.29) is 0 Å². The smallest absolute Gasteiger partial charge is 0.138 e. The number of para-hydroxylation sites is 3. The van der Waals surface area contributed by atoms with Crippen LogP contribution in [-0.2, 0) is 0 Å². The van der Waals surface area contributed by atoms with Gasteiger partial charge in [-0.1, -0.05) is 66.2 Å². The van der Waals surface area contributed by atoms with Crippen molar-refractivity contribution in [2.75, 3.05) is 0 Å². The molecule has 0 amide bonds. The Bertz CT molecular complexity index is 2300. The molecule has 0 spiro atoms. The highest BCUT2D eigenvalue weighted by atomic mass is 35.5. The van der Waals surface area contributed by atoms with Gasteiger partial charge in [-0.2, -0.15) is 0 Å². The summed E-state index contributed by atoms with van der Waals surface area (Å²) in [5.74, 6) is 0. The van der Waals surface area contributed by atoms with E-state index in [1.807, 2.05) is 12.1 Å². The van der Waals surface area contributed by atoms with Crippen LogP contribution in [0.4, 0.5) is 0 Å². The Morgan fingerprint density at radius 1 is 0.500 bits per heavy atom. The van der Waals surface area contributed by atoms with Crippen LogP contribution >= 0.6 is 11.6 Å². The average Bonchev–Trinajstić information content (AvgIpc) is 3.51. The number of rotatable bonds is 0. The third-order valence-electron chi connectivity index (χ3n) is 7.47. The van der Waals surface area contributed by atoms with Crippen molar-refractivity contribution in [1.29, 1.82) is 0 Å². The molecule has 0 N–H and O–H groups in total. The minimum Gasteiger partial charge on any atom is -0.456 e. The molecule has 3 nitrogen and oxygen atoms in total. The van der Waals surface area contributed by atoms with E-state index in [4.69, 9.17) is 16.0 Å². The first-order chi connectivity index (χ1) is 16.8. The maximum Gasteiger partial charge on any atom is 0.138 e. The normalized spacial score (nSPS) is 12.9. The van der Waals surface area contributed by atoms with Gasteiger partial charge < -0.3 is 13.2 Å². The van der Waals surface area contributed by atoms with Crippen LogP contribution in [0.25, 0.3) is 76.6 Å². The van der Waals surface area contributed by atoms with E-state index >= 15 is 0 Å². The predicted octanol–water partition coefficient (Wildman–Crippen LogP) is 8.80. The van der Waals surface area contributed by atoms with Crippen molar-refractivity contribution in [3.8, 4) is 0 Å². The van der Waals surface area contributed by atoms with Crippen molar-refractivity contribution < 1.29 is 4.42 Å². The van der Waals surface area contributed by atoms with Crippen LogP contribution in [0.3, 0.4) is 0 Å². The quantitative estimate of drug-likeness (QED) is 0.210. The molecule has 34 heavy (non-hydrogen) atoms. The van der Waals surface area contributed by atoms with Crippen molar-refractivity contribution in [2.24, 2.45) is 0 Å². The highest BCUT2D eigenvalue weighted by molar-refractivity contribution is 6.35. The number of fused-ring (bicyclic) bond motifs is 12. The molecule has 0 radical (unpaired) electrons. The van der Waals surface area contributed by atoms with Gasteiger partial charge in [-0.25, -0.2) is 0 Å². The number of benzene rings is 5. The highest BCUT2D eigenvalue weighted by Gasteiger charge is 2.24. The van der Waals surface area contributed by atoms with Crippen LogP contribution in [0.15, 0.2) is 95.4 Å². The van der Waals surface area contributed by atoms with E-state index in [1.165, 1.54) is 43.6 Å². The minimum absolute atomic E-state index is 0.736. The summed E-state index contributed by atoms with van der Waals surface area (Å²) in [6, 6.07) is 32.0. The SMILES string of the molecule is Clc1ccc2c3c4c(cc5c3n(c2c1)c1cccc2c3ccccc3n5c21)oc1ccccc14. The zero-order chi connectivity index (χ0) is 22.1. The Kier molecular flexibility index (Phi) is 2.87. The maximum atomic E-state index is 6.56. The monoisotopic (exact) mass is 454 g/mol. The fourth-order valence-electron chi connectivity index (χ4n) is 6.22. The van der Waals surface area contributed by atoms with Crippen molar-refractivity contribution in [2.45, 2.75) is 0 Å². The lowest BCUT2D eigenvalue weighted by Crippen LogP contribution is -1.97. The van der Waals surface area contributed by atoms with Crippen LogP contribution < -0.4 is 0 Å². The third kappa shape index (κ3) is 1.82. The second kappa shape index (κ2) is 5.64. The highest BCUT2D eigenvalue weighted by Crippen LogP contribution is 2.45. The summed E-state index contributed by atoms with van der Waals surface area (Å²) in [6.07, 6.45) is 0. The number of hydrogen-bond donors (Lipinski definition) is 0. The second-order valence-electron chi connectivity index (χ2n) is 9.11. The van der Waals surface area contributed by atoms with Gasteiger partial charge in [0.25, 0.3) is 0 Å². The van der Waals surface area contributed by atoms with Crippen molar-refractivity contribution in [1.82, 2.24) is 8.80 Å². The topological polar surface area (TPSA) is 22.0 Å². The summed E-state index contributed by atoms with van der Waals surface area (Å²) in [7, 11) is 0. The van der Waals surface area contributed by atoms with Gasteiger partial charge >= 0.3 is 0 Å². The number of hydrogen-bond acceptors (Lipinski definition) is 1.